The molecule has 1 aromatic heterocycles. The lowest BCUT2D eigenvalue weighted by molar-refractivity contribution is 0.473. The van der Waals surface area contributed by atoms with Crippen LogP contribution in [-0.2, 0) is 0 Å². The zero-order chi connectivity index (χ0) is 9.68. The molecule has 0 aliphatic carbocycles. The van der Waals surface area contributed by atoms with Crippen molar-refractivity contribution in [2.24, 2.45) is 11.7 Å². The Morgan fingerprint density at radius 3 is 2.77 bits per heavy atom. The Bertz CT molecular complexity index is 219. The number of nitrogens with one attached hydrogen (secondary N) is 1. The van der Waals surface area contributed by atoms with E-state index in [1.165, 1.54) is 0 Å². The third kappa shape index (κ3) is 3.20. The van der Waals surface area contributed by atoms with Crippen molar-refractivity contribution in [3.8, 4) is 0 Å². The van der Waals surface area contributed by atoms with Crippen LogP contribution in [-0.4, -0.2) is 13.1 Å². The Labute approximate surface area is 79.3 Å². The molecule has 0 bridgehead atoms. The van der Waals surface area contributed by atoms with Gasteiger partial charge in [-0.1, -0.05) is 13.8 Å². The lowest BCUT2D eigenvalue weighted by Crippen LogP contribution is -2.30. The highest BCUT2D eigenvalue weighted by atomic mass is 16.3. The van der Waals surface area contributed by atoms with Crippen LogP contribution in [0.25, 0.3) is 0 Å². The van der Waals surface area contributed by atoms with E-state index in [-0.39, 0.29) is 6.04 Å². The summed E-state index contributed by atoms with van der Waals surface area (Å²) < 4.78 is 5.01. The van der Waals surface area contributed by atoms with Gasteiger partial charge in [-0.2, -0.15) is 0 Å². The lowest BCUT2D eigenvalue weighted by atomic mass is 10.1. The van der Waals surface area contributed by atoms with Crippen LogP contribution < -0.4 is 11.1 Å². The van der Waals surface area contributed by atoms with E-state index in [2.05, 4.69) is 19.2 Å². The van der Waals surface area contributed by atoms with E-state index in [9.17, 15) is 0 Å². The number of furan rings is 1. The molecular weight excluding hydrogens is 164 g/mol. The van der Waals surface area contributed by atoms with Crippen molar-refractivity contribution in [2.75, 3.05) is 13.1 Å². The van der Waals surface area contributed by atoms with Crippen molar-refractivity contribution < 1.29 is 4.42 Å². The number of hydrogen-bond donors (Lipinski definition) is 2. The monoisotopic (exact) mass is 182 g/mol. The highest BCUT2D eigenvalue weighted by Crippen LogP contribution is 2.11. The van der Waals surface area contributed by atoms with Crippen LogP contribution >= 0.6 is 0 Å². The molecule has 0 aromatic carbocycles. The summed E-state index contributed by atoms with van der Waals surface area (Å²) >= 11 is 0. The van der Waals surface area contributed by atoms with Crippen molar-refractivity contribution in [2.45, 2.75) is 19.9 Å². The minimum Gasteiger partial charge on any atom is -0.472 e. The van der Waals surface area contributed by atoms with Gasteiger partial charge in [0.2, 0.25) is 0 Å². The fraction of sp³-hybridized carbons (Fsp3) is 0.600. The molecule has 1 unspecified atom stereocenters. The predicted molar refractivity (Wildman–Crippen MR) is 53.3 cm³/mol. The summed E-state index contributed by atoms with van der Waals surface area (Å²) in [7, 11) is 0. The fourth-order valence-electron chi connectivity index (χ4n) is 1.19. The average molecular weight is 182 g/mol. The van der Waals surface area contributed by atoms with Gasteiger partial charge in [0.1, 0.15) is 0 Å². The molecule has 3 heteroatoms. The molecule has 13 heavy (non-hydrogen) atoms. The summed E-state index contributed by atoms with van der Waals surface area (Å²) in [5.74, 6) is 0.640. The van der Waals surface area contributed by atoms with Gasteiger partial charge in [-0.15, -0.1) is 0 Å². The summed E-state index contributed by atoms with van der Waals surface area (Å²) in [6.07, 6.45) is 3.42. The number of nitrogens with two attached hydrogens (primary N) is 1. The first-order valence-corrected chi connectivity index (χ1v) is 4.69. The van der Waals surface area contributed by atoms with Crippen molar-refractivity contribution in [1.29, 1.82) is 0 Å². The zero-order valence-electron chi connectivity index (χ0n) is 8.29. The molecule has 1 heterocycles. The van der Waals surface area contributed by atoms with Crippen LogP contribution in [0.15, 0.2) is 23.0 Å². The van der Waals surface area contributed by atoms with E-state index in [4.69, 9.17) is 10.2 Å². The second-order valence-corrected chi connectivity index (χ2v) is 3.65. The Morgan fingerprint density at radius 1 is 1.54 bits per heavy atom. The van der Waals surface area contributed by atoms with Gasteiger partial charge in [0, 0.05) is 18.2 Å². The van der Waals surface area contributed by atoms with Gasteiger partial charge in [-0.3, -0.25) is 0 Å². The Balaban J connectivity index is 2.44. The van der Waals surface area contributed by atoms with Gasteiger partial charge < -0.3 is 15.5 Å². The molecule has 0 radical (unpaired) electrons. The molecule has 0 amide bonds. The second-order valence-electron chi connectivity index (χ2n) is 3.65. The highest BCUT2D eigenvalue weighted by molar-refractivity contribution is 5.11. The summed E-state index contributed by atoms with van der Waals surface area (Å²) in [5, 5.41) is 3.39. The van der Waals surface area contributed by atoms with Gasteiger partial charge >= 0.3 is 0 Å². The molecule has 0 fully saturated rings. The first kappa shape index (κ1) is 10.3. The maximum atomic E-state index is 5.65. The Hall–Kier alpha value is -0.800. The first-order chi connectivity index (χ1) is 6.24. The van der Waals surface area contributed by atoms with Crippen LogP contribution in [0.4, 0.5) is 0 Å². The summed E-state index contributed by atoms with van der Waals surface area (Å²) in [5.41, 5.74) is 6.77. The van der Waals surface area contributed by atoms with E-state index in [0.717, 1.165) is 12.1 Å². The lowest BCUT2D eigenvalue weighted by Gasteiger charge is -2.16. The maximum absolute atomic E-state index is 5.65. The highest BCUT2D eigenvalue weighted by Gasteiger charge is 2.09. The third-order valence-electron chi connectivity index (χ3n) is 1.95. The van der Waals surface area contributed by atoms with Crippen LogP contribution in [0.3, 0.4) is 0 Å². The van der Waals surface area contributed by atoms with Gasteiger partial charge in [0.05, 0.1) is 12.5 Å². The smallest absolute Gasteiger partial charge is 0.0950 e. The molecule has 3 N–H and O–H groups in total. The minimum absolute atomic E-state index is 0.223. The fourth-order valence-corrected chi connectivity index (χ4v) is 1.19. The molecule has 1 aromatic rings. The molecule has 0 aliphatic rings. The minimum atomic E-state index is 0.223. The van der Waals surface area contributed by atoms with Crippen LogP contribution in [0.2, 0.25) is 0 Å². The molecule has 1 rings (SSSR count). The van der Waals surface area contributed by atoms with E-state index in [1.807, 2.05) is 6.07 Å². The summed E-state index contributed by atoms with van der Waals surface area (Å²) in [6.45, 7) is 5.94. The topological polar surface area (TPSA) is 51.2 Å². The van der Waals surface area contributed by atoms with Crippen molar-refractivity contribution in [3.63, 3.8) is 0 Å². The van der Waals surface area contributed by atoms with E-state index in [0.29, 0.717) is 12.5 Å². The average Bonchev–Trinajstić information content (AvgIpc) is 2.58. The molecule has 1 atom stereocenters. The zero-order valence-corrected chi connectivity index (χ0v) is 8.29. The van der Waals surface area contributed by atoms with Crippen LogP contribution in [0.1, 0.15) is 25.5 Å². The van der Waals surface area contributed by atoms with Crippen LogP contribution in [0.5, 0.6) is 0 Å². The van der Waals surface area contributed by atoms with Gasteiger partial charge in [-0.25, -0.2) is 0 Å². The van der Waals surface area contributed by atoms with E-state index >= 15 is 0 Å². The van der Waals surface area contributed by atoms with Gasteiger partial charge in [0.15, 0.2) is 0 Å². The Morgan fingerprint density at radius 2 is 2.31 bits per heavy atom. The summed E-state index contributed by atoms with van der Waals surface area (Å²) in [4.78, 5) is 0. The first-order valence-electron chi connectivity index (χ1n) is 4.69. The Kier molecular flexibility index (Phi) is 3.99. The maximum Gasteiger partial charge on any atom is 0.0950 e. The van der Waals surface area contributed by atoms with Gasteiger partial charge in [-0.05, 0) is 18.5 Å². The SMILES string of the molecule is CC(C)CNC(CN)c1ccoc1. The quantitative estimate of drug-likeness (QED) is 0.726. The standard InChI is InChI=1S/C10H18N2O/c1-8(2)6-12-10(5-11)9-3-4-13-7-9/h3-4,7-8,10,12H,5-6,11H2,1-2H3. The van der Waals surface area contributed by atoms with E-state index in [1.54, 1.807) is 12.5 Å². The molecule has 0 spiro atoms. The molecule has 0 aliphatic heterocycles. The molecule has 3 nitrogen and oxygen atoms in total. The van der Waals surface area contributed by atoms with Crippen molar-refractivity contribution in [3.05, 3.63) is 24.2 Å². The van der Waals surface area contributed by atoms with Crippen LogP contribution in [0, 0.1) is 5.92 Å². The molecule has 0 saturated carbocycles. The molecule has 74 valence electrons. The number of hydrogen-bond acceptors (Lipinski definition) is 3. The summed E-state index contributed by atoms with van der Waals surface area (Å²) in [6, 6.07) is 2.17. The predicted octanol–water partition coefficient (Wildman–Crippen LogP) is 1.52. The largest absolute Gasteiger partial charge is 0.472 e. The molecular formula is C10H18N2O. The van der Waals surface area contributed by atoms with Crippen molar-refractivity contribution in [1.82, 2.24) is 5.32 Å². The molecule has 0 saturated heterocycles. The number of rotatable bonds is 5. The normalized spacial score (nSPS) is 13.5. The third-order valence-corrected chi connectivity index (χ3v) is 1.95. The van der Waals surface area contributed by atoms with E-state index < -0.39 is 0 Å². The second kappa shape index (κ2) is 5.04. The van der Waals surface area contributed by atoms with Crippen molar-refractivity contribution >= 4 is 0 Å². The van der Waals surface area contributed by atoms with Gasteiger partial charge in [0.25, 0.3) is 0 Å².